The Morgan fingerprint density at radius 3 is 2.72 bits per heavy atom. The molecule has 1 aliphatic heterocycles. The van der Waals surface area contributed by atoms with Gasteiger partial charge in [-0.05, 0) is 44.6 Å². The first-order chi connectivity index (χ1) is 8.63. The van der Waals surface area contributed by atoms with Crippen LogP contribution in [0, 0.1) is 11.1 Å². The van der Waals surface area contributed by atoms with Crippen LogP contribution in [-0.2, 0) is 4.74 Å². The van der Waals surface area contributed by atoms with Gasteiger partial charge in [0, 0.05) is 19.2 Å². The molecule has 2 fully saturated rings. The quantitative estimate of drug-likeness (QED) is 0.639. The number of hydroxylamine groups is 2. The maximum Gasteiger partial charge on any atom is 0.0739 e. The Balaban J connectivity index is 1.98. The number of nitrogens with one attached hydrogen (secondary N) is 1. The van der Waals surface area contributed by atoms with Gasteiger partial charge in [0.15, 0.2) is 0 Å². The Kier molecular flexibility index (Phi) is 4.94. The number of ether oxygens (including phenoxy) is 1. The molecule has 1 saturated heterocycles. The Morgan fingerprint density at radius 1 is 1.33 bits per heavy atom. The van der Waals surface area contributed by atoms with Crippen molar-refractivity contribution in [3.05, 3.63) is 5.21 Å². The summed E-state index contributed by atoms with van der Waals surface area (Å²) < 4.78 is 5.24. The highest BCUT2D eigenvalue weighted by Gasteiger charge is 2.38. The molecule has 2 aliphatic rings. The van der Waals surface area contributed by atoms with Gasteiger partial charge in [-0.1, -0.05) is 0 Å². The summed E-state index contributed by atoms with van der Waals surface area (Å²) in [5.74, 6) is 0.222. The second kappa shape index (κ2) is 6.27. The third kappa shape index (κ3) is 3.01. The van der Waals surface area contributed by atoms with E-state index in [1.54, 1.807) is 7.11 Å². The topological polar surface area (TPSA) is 88.0 Å². The summed E-state index contributed by atoms with van der Waals surface area (Å²) in [6.45, 7) is 0.914. The number of rotatable bonds is 3. The molecule has 0 aromatic carbocycles. The molecule has 1 aliphatic carbocycles. The minimum Gasteiger partial charge on any atom is -0.762 e. The van der Waals surface area contributed by atoms with Gasteiger partial charge >= 0.3 is 0 Å². The van der Waals surface area contributed by atoms with Crippen LogP contribution in [0.2, 0.25) is 0 Å². The van der Waals surface area contributed by atoms with E-state index in [1.807, 2.05) is 0 Å². The second-order valence-corrected chi connectivity index (χ2v) is 5.41. The lowest BCUT2D eigenvalue weighted by atomic mass is 9.76. The first-order valence-electron chi connectivity index (χ1n) is 6.73. The molecule has 5 atom stereocenters. The highest BCUT2D eigenvalue weighted by molar-refractivity contribution is 4.94. The molecule has 0 radical (unpaired) electrons. The summed E-state index contributed by atoms with van der Waals surface area (Å²) in [6.07, 6.45) is 3.46. The highest BCUT2D eigenvalue weighted by atomic mass is 16.8. The largest absolute Gasteiger partial charge is 0.762 e. The standard InChI is InChI=1S/C12H23N2O4/c1-18-11-5-4-8(7-9(11)14(16)17)12-10(15)3-2-6-13-12/h8-13,15-16H,2-7H2,1H3/q-1. The normalized spacial score (nSPS) is 42.2. The average Bonchev–Trinajstić information content (AvgIpc) is 2.38. The molecule has 0 spiro atoms. The molecule has 0 bridgehead atoms. The third-order valence-electron chi connectivity index (χ3n) is 4.36. The monoisotopic (exact) mass is 259 g/mol. The zero-order valence-corrected chi connectivity index (χ0v) is 10.8. The van der Waals surface area contributed by atoms with Crippen LogP contribution in [0.25, 0.3) is 0 Å². The molecule has 6 nitrogen and oxygen atoms in total. The van der Waals surface area contributed by atoms with Gasteiger partial charge in [0.05, 0.1) is 12.2 Å². The van der Waals surface area contributed by atoms with Gasteiger partial charge in [-0.15, -0.1) is 0 Å². The van der Waals surface area contributed by atoms with Crippen molar-refractivity contribution in [1.82, 2.24) is 10.5 Å². The van der Waals surface area contributed by atoms with E-state index in [1.165, 1.54) is 0 Å². The average molecular weight is 259 g/mol. The predicted molar refractivity (Wildman–Crippen MR) is 66.0 cm³/mol. The summed E-state index contributed by atoms with van der Waals surface area (Å²) in [4.78, 5) is 0. The van der Waals surface area contributed by atoms with Gasteiger partial charge in [0.1, 0.15) is 0 Å². The summed E-state index contributed by atoms with van der Waals surface area (Å²) in [5, 5.41) is 33.7. The van der Waals surface area contributed by atoms with Crippen molar-refractivity contribution in [3.63, 3.8) is 0 Å². The van der Waals surface area contributed by atoms with Gasteiger partial charge in [-0.3, -0.25) is 5.23 Å². The van der Waals surface area contributed by atoms with Crippen LogP contribution in [0.15, 0.2) is 0 Å². The summed E-state index contributed by atoms with van der Waals surface area (Å²) >= 11 is 0. The predicted octanol–water partition coefficient (Wildman–Crippen LogP) is 0.472. The van der Waals surface area contributed by atoms with Crippen molar-refractivity contribution in [3.8, 4) is 0 Å². The molecule has 1 heterocycles. The first-order valence-corrected chi connectivity index (χ1v) is 6.73. The molecule has 106 valence electrons. The molecular formula is C12H23N2O4-. The summed E-state index contributed by atoms with van der Waals surface area (Å²) in [5.41, 5.74) is 0. The zero-order valence-electron chi connectivity index (χ0n) is 10.8. The van der Waals surface area contributed by atoms with Crippen molar-refractivity contribution in [2.24, 2.45) is 5.92 Å². The fourth-order valence-electron chi connectivity index (χ4n) is 3.36. The maximum atomic E-state index is 11.2. The molecular weight excluding hydrogens is 236 g/mol. The first kappa shape index (κ1) is 14.2. The van der Waals surface area contributed by atoms with E-state index in [2.05, 4.69) is 5.32 Å². The van der Waals surface area contributed by atoms with Crippen LogP contribution in [0.1, 0.15) is 32.1 Å². The molecule has 6 heteroatoms. The van der Waals surface area contributed by atoms with Crippen LogP contribution in [0.3, 0.4) is 0 Å². The number of methoxy groups -OCH3 is 1. The minimum atomic E-state index is -0.523. The lowest BCUT2D eigenvalue weighted by Crippen LogP contribution is -2.54. The van der Waals surface area contributed by atoms with Crippen molar-refractivity contribution < 1.29 is 15.1 Å². The minimum absolute atomic E-state index is 0.0233. The lowest BCUT2D eigenvalue weighted by Gasteiger charge is -2.45. The van der Waals surface area contributed by atoms with Crippen molar-refractivity contribution in [2.45, 2.75) is 56.4 Å². The molecule has 5 unspecified atom stereocenters. The molecule has 0 amide bonds. The Morgan fingerprint density at radius 2 is 2.11 bits per heavy atom. The fourth-order valence-corrected chi connectivity index (χ4v) is 3.36. The number of hydrogen-bond donors (Lipinski definition) is 3. The molecule has 0 aromatic rings. The van der Waals surface area contributed by atoms with Crippen molar-refractivity contribution in [1.29, 1.82) is 0 Å². The summed E-state index contributed by atoms with van der Waals surface area (Å²) in [6, 6.07) is -0.483. The Hall–Kier alpha value is -0.240. The van der Waals surface area contributed by atoms with Crippen molar-refractivity contribution in [2.75, 3.05) is 13.7 Å². The number of hydrogen-bond acceptors (Lipinski definition) is 6. The number of nitrogens with zero attached hydrogens (tertiary/aromatic N) is 1. The van der Waals surface area contributed by atoms with Gasteiger partial charge in [0.25, 0.3) is 0 Å². The van der Waals surface area contributed by atoms with E-state index in [0.29, 0.717) is 6.42 Å². The van der Waals surface area contributed by atoms with Gasteiger partial charge in [-0.25, -0.2) is 0 Å². The van der Waals surface area contributed by atoms with E-state index < -0.39 is 6.04 Å². The fraction of sp³-hybridized carbons (Fsp3) is 1.00. The van der Waals surface area contributed by atoms with E-state index in [4.69, 9.17) is 4.74 Å². The van der Waals surface area contributed by atoms with Crippen LogP contribution >= 0.6 is 0 Å². The molecule has 0 aromatic heterocycles. The van der Waals surface area contributed by atoms with Crippen LogP contribution < -0.4 is 5.32 Å². The van der Waals surface area contributed by atoms with E-state index in [9.17, 15) is 15.5 Å². The number of piperidine rings is 1. The number of aliphatic hydroxyl groups is 1. The SMILES string of the molecule is COC1CCC(C2NCCCC2O)CC1N([O-])O. The smallest absolute Gasteiger partial charge is 0.0739 e. The highest BCUT2D eigenvalue weighted by Crippen LogP contribution is 2.33. The number of aliphatic hydroxyl groups excluding tert-OH is 1. The van der Waals surface area contributed by atoms with Crippen molar-refractivity contribution >= 4 is 0 Å². The van der Waals surface area contributed by atoms with Crippen LogP contribution in [-0.4, -0.2) is 53.5 Å². The lowest BCUT2D eigenvalue weighted by molar-refractivity contribution is -0.144. The second-order valence-electron chi connectivity index (χ2n) is 5.41. The van der Waals surface area contributed by atoms with Gasteiger partial charge in [0.2, 0.25) is 0 Å². The van der Waals surface area contributed by atoms with Gasteiger partial charge < -0.3 is 25.6 Å². The van der Waals surface area contributed by atoms with E-state index in [-0.39, 0.29) is 29.4 Å². The summed E-state index contributed by atoms with van der Waals surface area (Å²) in [7, 11) is 1.56. The third-order valence-corrected chi connectivity index (χ3v) is 4.36. The molecule has 18 heavy (non-hydrogen) atoms. The zero-order chi connectivity index (χ0) is 13.1. The van der Waals surface area contributed by atoms with Gasteiger partial charge in [-0.2, -0.15) is 0 Å². The Bertz CT molecular complexity index is 264. The van der Waals surface area contributed by atoms with Crippen LogP contribution in [0.5, 0.6) is 0 Å². The molecule has 3 N–H and O–H groups in total. The van der Waals surface area contributed by atoms with Crippen LogP contribution in [0.4, 0.5) is 0 Å². The maximum absolute atomic E-state index is 11.2. The Labute approximate surface area is 107 Å². The molecule has 2 rings (SSSR count). The van der Waals surface area contributed by atoms with E-state index in [0.717, 1.165) is 32.2 Å². The van der Waals surface area contributed by atoms with E-state index >= 15 is 0 Å². The molecule has 1 saturated carbocycles.